The average Bonchev–Trinajstić information content (AvgIpc) is 3.32. The highest BCUT2D eigenvalue weighted by Crippen LogP contribution is 2.33. The van der Waals surface area contributed by atoms with Crippen LogP contribution in [0.15, 0.2) is 60.7 Å². The van der Waals surface area contributed by atoms with E-state index in [1.54, 1.807) is 0 Å². The molecule has 6 heteroatoms. The first-order chi connectivity index (χ1) is 15.3. The Labute approximate surface area is 190 Å². The van der Waals surface area contributed by atoms with Crippen LogP contribution in [0.1, 0.15) is 38.8 Å². The second kappa shape index (κ2) is 10.00. The molecule has 32 heavy (non-hydrogen) atoms. The Kier molecular flexibility index (Phi) is 7.30. The maximum atomic E-state index is 6.47. The van der Waals surface area contributed by atoms with Gasteiger partial charge in [0.2, 0.25) is 0 Å². The van der Waals surface area contributed by atoms with Crippen molar-refractivity contribution in [3.63, 3.8) is 0 Å². The third kappa shape index (κ3) is 6.16. The summed E-state index contributed by atoms with van der Waals surface area (Å²) in [4.78, 5) is 0. The lowest BCUT2D eigenvalue weighted by atomic mass is 10.0. The summed E-state index contributed by atoms with van der Waals surface area (Å²) in [5, 5.41) is 0. The van der Waals surface area contributed by atoms with Gasteiger partial charge in [0.05, 0.1) is 26.4 Å². The predicted octanol–water partition coefficient (Wildman–Crippen LogP) is 4.46. The standard InChI is InChI=1S/C26H34O6/c1-25(2)29-17-21(31-25)23(27-15-19-11-7-5-8-12-19)24(22-18-30-26(3,4)32-22)28-16-20-13-9-6-10-14-20/h5-14,21-24H,15-18H2,1-4H3/t21-,22-,23-,24-/m1/s1. The molecule has 6 nitrogen and oxygen atoms in total. The summed E-state index contributed by atoms with van der Waals surface area (Å²) in [5.41, 5.74) is 2.17. The summed E-state index contributed by atoms with van der Waals surface area (Å²) in [6, 6.07) is 20.2. The third-order valence-electron chi connectivity index (χ3n) is 5.69. The molecule has 2 saturated heterocycles. The van der Waals surface area contributed by atoms with Crippen LogP contribution in [0.5, 0.6) is 0 Å². The average molecular weight is 443 g/mol. The highest BCUT2D eigenvalue weighted by Gasteiger charge is 2.48. The Morgan fingerprint density at radius 3 is 1.38 bits per heavy atom. The first-order valence-corrected chi connectivity index (χ1v) is 11.3. The molecule has 0 N–H and O–H groups in total. The van der Waals surface area contributed by atoms with E-state index in [-0.39, 0.29) is 12.2 Å². The van der Waals surface area contributed by atoms with E-state index in [1.165, 1.54) is 0 Å². The van der Waals surface area contributed by atoms with Crippen LogP contribution in [0.3, 0.4) is 0 Å². The molecule has 2 heterocycles. The van der Waals surface area contributed by atoms with Gasteiger partial charge in [-0.25, -0.2) is 0 Å². The Morgan fingerprint density at radius 2 is 1.06 bits per heavy atom. The monoisotopic (exact) mass is 442 g/mol. The number of rotatable bonds is 9. The molecule has 2 aromatic rings. The van der Waals surface area contributed by atoms with E-state index in [0.29, 0.717) is 26.4 Å². The zero-order valence-corrected chi connectivity index (χ0v) is 19.4. The molecule has 0 aliphatic carbocycles. The zero-order chi connectivity index (χ0) is 22.6. The van der Waals surface area contributed by atoms with Gasteiger partial charge in [0.1, 0.15) is 24.4 Å². The number of ether oxygens (including phenoxy) is 6. The Balaban J connectivity index is 1.56. The van der Waals surface area contributed by atoms with Crippen LogP contribution in [0.2, 0.25) is 0 Å². The first-order valence-electron chi connectivity index (χ1n) is 11.3. The lowest BCUT2D eigenvalue weighted by Gasteiger charge is -2.34. The summed E-state index contributed by atoms with van der Waals surface area (Å²) in [7, 11) is 0. The molecule has 4 atom stereocenters. The second-order valence-electron chi connectivity index (χ2n) is 9.26. The van der Waals surface area contributed by atoms with Gasteiger partial charge in [-0.15, -0.1) is 0 Å². The molecule has 0 amide bonds. The van der Waals surface area contributed by atoms with Crippen molar-refractivity contribution in [1.29, 1.82) is 0 Å². The van der Waals surface area contributed by atoms with Gasteiger partial charge in [0.15, 0.2) is 11.6 Å². The normalized spacial score (nSPS) is 26.1. The van der Waals surface area contributed by atoms with Crippen molar-refractivity contribution in [3.05, 3.63) is 71.8 Å². The van der Waals surface area contributed by atoms with Crippen LogP contribution >= 0.6 is 0 Å². The first kappa shape index (κ1) is 23.4. The molecule has 2 aliphatic rings. The van der Waals surface area contributed by atoms with Gasteiger partial charge in [0, 0.05) is 0 Å². The van der Waals surface area contributed by atoms with Crippen molar-refractivity contribution in [2.75, 3.05) is 13.2 Å². The summed E-state index contributed by atoms with van der Waals surface area (Å²) in [6.45, 7) is 9.39. The topological polar surface area (TPSA) is 55.4 Å². The molecule has 0 unspecified atom stereocenters. The van der Waals surface area contributed by atoms with E-state index >= 15 is 0 Å². The SMILES string of the molecule is CC1(C)OC[C@H]([C@@H](OCc2ccccc2)[C@H](OCc2ccccc2)[C@H]2COC(C)(C)O2)O1. The van der Waals surface area contributed by atoms with Crippen LogP contribution in [-0.2, 0) is 41.6 Å². The van der Waals surface area contributed by atoms with Crippen LogP contribution in [0.4, 0.5) is 0 Å². The Bertz CT molecular complexity index is 766. The minimum Gasteiger partial charge on any atom is -0.368 e. The summed E-state index contributed by atoms with van der Waals surface area (Å²) >= 11 is 0. The molecule has 0 saturated carbocycles. The zero-order valence-electron chi connectivity index (χ0n) is 19.4. The van der Waals surface area contributed by atoms with Crippen LogP contribution < -0.4 is 0 Å². The van der Waals surface area contributed by atoms with E-state index in [1.807, 2.05) is 88.4 Å². The highest BCUT2D eigenvalue weighted by atomic mass is 16.8. The van der Waals surface area contributed by atoms with Gasteiger partial charge in [0.25, 0.3) is 0 Å². The van der Waals surface area contributed by atoms with Crippen LogP contribution in [0, 0.1) is 0 Å². The fraction of sp³-hybridized carbons (Fsp3) is 0.538. The minimum absolute atomic E-state index is 0.290. The van der Waals surface area contributed by atoms with Crippen molar-refractivity contribution in [2.45, 2.75) is 76.9 Å². The lowest BCUT2D eigenvalue weighted by Crippen LogP contribution is -2.50. The number of benzene rings is 2. The summed E-state index contributed by atoms with van der Waals surface area (Å²) < 4.78 is 37.1. The molecule has 174 valence electrons. The van der Waals surface area contributed by atoms with E-state index in [9.17, 15) is 0 Å². The van der Waals surface area contributed by atoms with Gasteiger partial charge in [-0.05, 0) is 38.8 Å². The van der Waals surface area contributed by atoms with E-state index in [2.05, 4.69) is 0 Å². The lowest BCUT2D eigenvalue weighted by molar-refractivity contribution is -0.208. The van der Waals surface area contributed by atoms with Crippen molar-refractivity contribution in [3.8, 4) is 0 Å². The van der Waals surface area contributed by atoms with Gasteiger partial charge >= 0.3 is 0 Å². The van der Waals surface area contributed by atoms with E-state index < -0.39 is 23.8 Å². The maximum Gasteiger partial charge on any atom is 0.163 e. The summed E-state index contributed by atoms with van der Waals surface area (Å²) in [6.07, 6.45) is -1.38. The molecular formula is C26H34O6. The fourth-order valence-electron chi connectivity index (χ4n) is 4.12. The van der Waals surface area contributed by atoms with Crippen molar-refractivity contribution >= 4 is 0 Å². The Morgan fingerprint density at radius 1 is 0.688 bits per heavy atom. The van der Waals surface area contributed by atoms with Crippen LogP contribution in [0.25, 0.3) is 0 Å². The van der Waals surface area contributed by atoms with Gasteiger partial charge in [-0.3, -0.25) is 0 Å². The second-order valence-corrected chi connectivity index (χ2v) is 9.26. The molecular weight excluding hydrogens is 408 g/mol. The van der Waals surface area contributed by atoms with Gasteiger partial charge in [-0.1, -0.05) is 60.7 Å². The van der Waals surface area contributed by atoms with Gasteiger partial charge < -0.3 is 28.4 Å². The molecule has 2 aromatic carbocycles. The van der Waals surface area contributed by atoms with Crippen LogP contribution in [-0.4, -0.2) is 49.2 Å². The fourth-order valence-corrected chi connectivity index (χ4v) is 4.12. The summed E-state index contributed by atoms with van der Waals surface area (Å²) in [5.74, 6) is -1.34. The van der Waals surface area contributed by atoms with Crippen molar-refractivity contribution in [2.24, 2.45) is 0 Å². The van der Waals surface area contributed by atoms with Crippen molar-refractivity contribution < 1.29 is 28.4 Å². The molecule has 4 rings (SSSR count). The largest absolute Gasteiger partial charge is 0.368 e. The van der Waals surface area contributed by atoms with E-state index in [0.717, 1.165) is 11.1 Å². The highest BCUT2D eigenvalue weighted by molar-refractivity contribution is 5.14. The molecule has 0 spiro atoms. The van der Waals surface area contributed by atoms with E-state index in [4.69, 9.17) is 28.4 Å². The smallest absolute Gasteiger partial charge is 0.163 e. The van der Waals surface area contributed by atoms with Gasteiger partial charge in [-0.2, -0.15) is 0 Å². The number of hydrogen-bond donors (Lipinski definition) is 0. The molecule has 0 aromatic heterocycles. The molecule has 0 radical (unpaired) electrons. The van der Waals surface area contributed by atoms with Crippen molar-refractivity contribution in [1.82, 2.24) is 0 Å². The number of hydrogen-bond acceptors (Lipinski definition) is 6. The quantitative estimate of drug-likeness (QED) is 0.572. The third-order valence-corrected chi connectivity index (χ3v) is 5.69. The molecule has 0 bridgehead atoms. The maximum absolute atomic E-state index is 6.47. The minimum atomic E-state index is -0.671. The Hall–Kier alpha value is -1.80. The molecule has 2 fully saturated rings. The predicted molar refractivity (Wildman–Crippen MR) is 120 cm³/mol. The molecule has 2 aliphatic heterocycles.